The van der Waals surface area contributed by atoms with Crippen LogP contribution < -0.4 is 4.72 Å². The minimum Gasteiger partial charge on any atom is -0.464 e. The second-order valence-corrected chi connectivity index (χ2v) is 9.73. The molecule has 1 atom stereocenters. The highest BCUT2D eigenvalue weighted by Gasteiger charge is 2.36. The summed E-state index contributed by atoms with van der Waals surface area (Å²) >= 11 is 0. The number of rotatable bonds is 6. The summed E-state index contributed by atoms with van der Waals surface area (Å²) in [4.78, 5) is 13.0. The summed E-state index contributed by atoms with van der Waals surface area (Å²) in [7, 11) is -3.71. The number of amides is 1. The van der Waals surface area contributed by atoms with E-state index >= 15 is 0 Å². The quantitative estimate of drug-likeness (QED) is 0.587. The highest BCUT2D eigenvalue weighted by Crippen LogP contribution is 2.35. The predicted octanol–water partition coefficient (Wildman–Crippen LogP) is 4.72. The second kappa shape index (κ2) is 8.63. The first-order valence-corrected chi connectivity index (χ1v) is 11.9. The van der Waals surface area contributed by atoms with Gasteiger partial charge in [0.05, 0.1) is 10.6 Å². The standard InChI is InChI=1S/C24H25N3O4S/c1-16(2)24(28)27-22(23-13-12-17(3)31-23)15-21(25-27)18-8-7-9-19(14-18)26-32(29,30)20-10-5-4-6-11-20/h4-14,16,22,26H,15H2,1-3H3/t22-/m1/s1. The van der Waals surface area contributed by atoms with E-state index in [0.29, 0.717) is 23.6 Å². The number of anilines is 1. The number of benzene rings is 2. The van der Waals surface area contributed by atoms with Gasteiger partial charge < -0.3 is 4.42 Å². The number of furan rings is 1. The van der Waals surface area contributed by atoms with Crippen LogP contribution >= 0.6 is 0 Å². The third-order valence-electron chi connectivity index (χ3n) is 5.22. The molecule has 0 saturated carbocycles. The van der Waals surface area contributed by atoms with Crippen LogP contribution in [0.1, 0.15) is 43.4 Å². The Balaban J connectivity index is 1.63. The van der Waals surface area contributed by atoms with E-state index in [0.717, 1.165) is 11.3 Å². The van der Waals surface area contributed by atoms with Gasteiger partial charge in [-0.1, -0.05) is 44.2 Å². The number of nitrogens with one attached hydrogen (secondary N) is 1. The lowest BCUT2D eigenvalue weighted by Gasteiger charge is -2.21. The van der Waals surface area contributed by atoms with Crippen molar-refractivity contribution in [1.29, 1.82) is 0 Å². The van der Waals surface area contributed by atoms with Crippen LogP contribution in [0, 0.1) is 12.8 Å². The van der Waals surface area contributed by atoms with E-state index in [-0.39, 0.29) is 22.8 Å². The van der Waals surface area contributed by atoms with Crippen LogP contribution in [0.3, 0.4) is 0 Å². The van der Waals surface area contributed by atoms with Crippen molar-refractivity contribution < 1.29 is 17.6 Å². The molecule has 1 amide bonds. The summed E-state index contributed by atoms with van der Waals surface area (Å²) in [5.41, 5.74) is 1.86. The molecule has 166 valence electrons. The van der Waals surface area contributed by atoms with Crippen LogP contribution in [0.2, 0.25) is 0 Å². The van der Waals surface area contributed by atoms with Crippen LogP contribution in [0.4, 0.5) is 5.69 Å². The number of hydrazone groups is 1. The highest BCUT2D eigenvalue weighted by molar-refractivity contribution is 7.92. The Morgan fingerprint density at radius 3 is 2.50 bits per heavy atom. The number of sulfonamides is 1. The first kappa shape index (κ1) is 21.8. The highest BCUT2D eigenvalue weighted by atomic mass is 32.2. The lowest BCUT2D eigenvalue weighted by Crippen LogP contribution is -2.30. The fourth-order valence-electron chi connectivity index (χ4n) is 3.58. The molecule has 0 radical (unpaired) electrons. The van der Waals surface area contributed by atoms with Gasteiger partial charge in [0.2, 0.25) is 5.91 Å². The zero-order valence-corrected chi connectivity index (χ0v) is 19.0. The molecule has 4 rings (SSSR count). The summed E-state index contributed by atoms with van der Waals surface area (Å²) in [5, 5.41) is 6.09. The molecule has 2 heterocycles. The molecule has 1 aliphatic rings. The zero-order valence-electron chi connectivity index (χ0n) is 18.1. The van der Waals surface area contributed by atoms with Crippen molar-refractivity contribution in [2.75, 3.05) is 4.72 Å². The summed E-state index contributed by atoms with van der Waals surface area (Å²) in [6.45, 7) is 5.52. The van der Waals surface area contributed by atoms with E-state index in [1.165, 1.54) is 5.01 Å². The van der Waals surface area contributed by atoms with Gasteiger partial charge in [-0.2, -0.15) is 5.10 Å². The summed E-state index contributed by atoms with van der Waals surface area (Å²) < 4.78 is 33.8. The average molecular weight is 452 g/mol. The van der Waals surface area contributed by atoms with Crippen LogP contribution in [-0.4, -0.2) is 25.0 Å². The predicted molar refractivity (Wildman–Crippen MR) is 123 cm³/mol. The van der Waals surface area contributed by atoms with Crippen LogP contribution in [0.5, 0.6) is 0 Å². The van der Waals surface area contributed by atoms with Crippen LogP contribution in [-0.2, 0) is 14.8 Å². The summed E-state index contributed by atoms with van der Waals surface area (Å²) in [5.74, 6) is 1.12. The molecule has 0 aliphatic carbocycles. The minimum absolute atomic E-state index is 0.0972. The zero-order chi connectivity index (χ0) is 22.9. The Labute approximate surface area is 187 Å². The SMILES string of the molecule is Cc1ccc([C@H]2CC(c3cccc(NS(=O)(=O)c4ccccc4)c3)=NN2C(=O)C(C)C)o1. The van der Waals surface area contributed by atoms with E-state index in [2.05, 4.69) is 9.82 Å². The fourth-order valence-corrected chi connectivity index (χ4v) is 4.65. The van der Waals surface area contributed by atoms with Gasteiger partial charge in [0.1, 0.15) is 17.6 Å². The maximum absolute atomic E-state index is 12.8. The molecule has 1 aliphatic heterocycles. The van der Waals surface area contributed by atoms with Gasteiger partial charge in [-0.15, -0.1) is 0 Å². The monoisotopic (exact) mass is 451 g/mol. The molecule has 32 heavy (non-hydrogen) atoms. The van der Waals surface area contributed by atoms with Gasteiger partial charge in [0.15, 0.2) is 0 Å². The molecule has 1 N–H and O–H groups in total. The molecule has 0 unspecified atom stereocenters. The van der Waals surface area contributed by atoms with Gasteiger partial charge in [-0.3, -0.25) is 9.52 Å². The number of hydrogen-bond donors (Lipinski definition) is 1. The first-order valence-electron chi connectivity index (χ1n) is 10.4. The van der Waals surface area contributed by atoms with Crippen LogP contribution in [0.25, 0.3) is 0 Å². The number of hydrogen-bond acceptors (Lipinski definition) is 5. The maximum atomic E-state index is 12.8. The molecule has 8 heteroatoms. The van der Waals surface area contributed by atoms with Gasteiger partial charge in [-0.05, 0) is 48.9 Å². The Kier molecular flexibility index (Phi) is 5.88. The second-order valence-electron chi connectivity index (χ2n) is 8.05. The molecular formula is C24H25N3O4S. The Hall–Kier alpha value is -3.39. The Bertz CT molecular complexity index is 1260. The lowest BCUT2D eigenvalue weighted by molar-refractivity contribution is -0.136. The van der Waals surface area contributed by atoms with Crippen molar-refractivity contribution in [3.63, 3.8) is 0 Å². The van der Waals surface area contributed by atoms with E-state index in [9.17, 15) is 13.2 Å². The molecule has 0 bridgehead atoms. The molecule has 0 spiro atoms. The molecule has 0 saturated heterocycles. The van der Waals surface area contributed by atoms with Gasteiger partial charge in [0.25, 0.3) is 10.0 Å². The molecule has 0 fully saturated rings. The van der Waals surface area contributed by atoms with Crippen molar-refractivity contribution in [3.8, 4) is 0 Å². The van der Waals surface area contributed by atoms with E-state index < -0.39 is 10.0 Å². The largest absolute Gasteiger partial charge is 0.464 e. The maximum Gasteiger partial charge on any atom is 0.261 e. The van der Waals surface area contributed by atoms with E-state index in [1.54, 1.807) is 48.5 Å². The van der Waals surface area contributed by atoms with Gasteiger partial charge in [0, 0.05) is 18.0 Å². The summed E-state index contributed by atoms with van der Waals surface area (Å²) in [6, 6.07) is 18.6. The minimum atomic E-state index is -3.71. The molecule has 3 aromatic rings. The summed E-state index contributed by atoms with van der Waals surface area (Å²) in [6.07, 6.45) is 0.473. The number of carbonyl (C=O) groups excluding carboxylic acids is 1. The molecule has 1 aromatic heterocycles. The van der Waals surface area contributed by atoms with Gasteiger partial charge >= 0.3 is 0 Å². The lowest BCUT2D eigenvalue weighted by atomic mass is 10.0. The average Bonchev–Trinajstić information content (AvgIpc) is 3.40. The fraction of sp³-hybridized carbons (Fsp3) is 0.250. The first-order chi connectivity index (χ1) is 15.2. The number of aryl methyl sites for hydroxylation is 1. The topological polar surface area (TPSA) is 92.0 Å². The smallest absolute Gasteiger partial charge is 0.261 e. The van der Waals surface area contributed by atoms with Crippen LogP contribution in [0.15, 0.2) is 81.1 Å². The van der Waals surface area contributed by atoms with E-state index in [1.807, 2.05) is 39.0 Å². The Morgan fingerprint density at radius 1 is 1.09 bits per heavy atom. The molecule has 7 nitrogen and oxygen atoms in total. The normalized spacial score (nSPS) is 16.3. The van der Waals surface area contributed by atoms with Crippen molar-refractivity contribution >= 4 is 27.3 Å². The number of nitrogens with zero attached hydrogens (tertiary/aromatic N) is 2. The van der Waals surface area contributed by atoms with E-state index in [4.69, 9.17) is 4.42 Å². The molecule has 2 aromatic carbocycles. The third-order valence-corrected chi connectivity index (χ3v) is 6.62. The van der Waals surface area contributed by atoms with Crippen molar-refractivity contribution in [1.82, 2.24) is 5.01 Å². The number of carbonyl (C=O) groups is 1. The van der Waals surface area contributed by atoms with Crippen molar-refractivity contribution in [3.05, 3.63) is 83.8 Å². The van der Waals surface area contributed by atoms with Gasteiger partial charge in [-0.25, -0.2) is 13.4 Å². The molecular weight excluding hydrogens is 426 g/mol. The third kappa shape index (κ3) is 4.45. The van der Waals surface area contributed by atoms with Crippen molar-refractivity contribution in [2.45, 2.75) is 38.1 Å². The Morgan fingerprint density at radius 2 is 1.84 bits per heavy atom. The van der Waals surface area contributed by atoms with Crippen molar-refractivity contribution in [2.24, 2.45) is 11.0 Å².